The van der Waals surface area contributed by atoms with Crippen molar-refractivity contribution in [2.45, 2.75) is 31.9 Å². The monoisotopic (exact) mass is 414 g/mol. The van der Waals surface area contributed by atoms with Crippen molar-refractivity contribution in [3.8, 4) is 5.75 Å². The molecule has 1 saturated heterocycles. The Hall–Kier alpha value is -2.59. The van der Waals surface area contributed by atoms with Crippen molar-refractivity contribution < 1.29 is 36.9 Å². The lowest BCUT2D eigenvalue weighted by molar-refractivity contribution is -0.402. The molecule has 0 radical (unpaired) electrons. The molecule has 0 N–H and O–H groups in total. The molecule has 0 spiro atoms. The molecule has 0 unspecified atom stereocenters. The summed E-state index contributed by atoms with van der Waals surface area (Å²) in [4.78, 5) is 11.7. The largest absolute Gasteiger partial charge is 0.488 e. The van der Waals surface area contributed by atoms with Crippen LogP contribution in [0.2, 0.25) is 0 Å². The molecule has 0 aliphatic carbocycles. The molecule has 2 heterocycles. The van der Waals surface area contributed by atoms with Gasteiger partial charge in [0, 0.05) is 6.20 Å². The summed E-state index contributed by atoms with van der Waals surface area (Å²) in [7, 11) is 0. The Labute approximate surface area is 165 Å². The molecule has 7 nitrogen and oxygen atoms in total. The lowest BCUT2D eigenvalue weighted by atomic mass is 10.2. The molecule has 1 aromatic carbocycles. The number of carbonyl (C=O) groups is 1. The van der Waals surface area contributed by atoms with Crippen LogP contribution in [-0.4, -0.2) is 54.1 Å². The third kappa shape index (κ3) is 5.07. The third-order valence-corrected chi connectivity index (χ3v) is 4.23. The van der Waals surface area contributed by atoms with Crippen molar-refractivity contribution in [2.24, 2.45) is 0 Å². The lowest BCUT2D eigenvalue weighted by Crippen LogP contribution is -2.56. The Kier molecular flexibility index (Phi) is 6.43. The zero-order valence-corrected chi connectivity index (χ0v) is 15.8. The van der Waals surface area contributed by atoms with Crippen molar-refractivity contribution in [2.75, 3.05) is 26.4 Å². The number of halogens is 3. The summed E-state index contributed by atoms with van der Waals surface area (Å²) in [5, 5.41) is 4.10. The van der Waals surface area contributed by atoms with E-state index >= 15 is 0 Å². The molecule has 1 aliphatic rings. The molecular weight excluding hydrogens is 393 g/mol. The molecule has 0 amide bonds. The van der Waals surface area contributed by atoms with E-state index in [1.807, 2.05) is 0 Å². The van der Waals surface area contributed by atoms with Crippen LogP contribution < -0.4 is 4.74 Å². The van der Waals surface area contributed by atoms with Gasteiger partial charge in [-0.05, 0) is 31.0 Å². The van der Waals surface area contributed by atoms with E-state index in [-0.39, 0.29) is 25.6 Å². The zero-order valence-electron chi connectivity index (χ0n) is 15.8. The highest BCUT2D eigenvalue weighted by atomic mass is 19.4. The van der Waals surface area contributed by atoms with Gasteiger partial charge in [-0.2, -0.15) is 18.3 Å². The van der Waals surface area contributed by atoms with Crippen molar-refractivity contribution in [3.05, 3.63) is 47.8 Å². The fourth-order valence-electron chi connectivity index (χ4n) is 2.73. The molecule has 29 heavy (non-hydrogen) atoms. The van der Waals surface area contributed by atoms with E-state index in [1.165, 1.54) is 6.20 Å². The van der Waals surface area contributed by atoms with Crippen LogP contribution in [0.5, 0.6) is 5.75 Å². The van der Waals surface area contributed by atoms with Gasteiger partial charge < -0.3 is 18.9 Å². The number of hydrogen-bond donors (Lipinski definition) is 0. The molecule has 158 valence electrons. The maximum absolute atomic E-state index is 13.3. The second-order valence-corrected chi connectivity index (χ2v) is 6.38. The molecule has 10 heteroatoms. The third-order valence-electron chi connectivity index (χ3n) is 4.23. The summed E-state index contributed by atoms with van der Waals surface area (Å²) in [6.07, 6.45) is -1.33. The maximum Gasteiger partial charge on any atom is 0.447 e. The van der Waals surface area contributed by atoms with Gasteiger partial charge in [0.2, 0.25) is 0 Å². The first-order valence-corrected chi connectivity index (χ1v) is 9.09. The standard InChI is InChI=1S/C19H21F3N2O5/c1-2-26-17(25)15-10-23-24(12-15)11-14-4-6-16(7-5-14)27-13-18(19(20,21)22)28-8-3-9-29-18/h4-7,10,12H,2-3,8-9,11,13H2,1H3. The molecule has 3 rings (SSSR count). The lowest BCUT2D eigenvalue weighted by Gasteiger charge is -2.37. The normalized spacial score (nSPS) is 16.4. The smallest absolute Gasteiger partial charge is 0.447 e. The second-order valence-electron chi connectivity index (χ2n) is 6.38. The molecular formula is C19H21F3N2O5. The van der Waals surface area contributed by atoms with Crippen LogP contribution in [0.3, 0.4) is 0 Å². The quantitative estimate of drug-likeness (QED) is 0.648. The molecule has 1 fully saturated rings. The van der Waals surface area contributed by atoms with Gasteiger partial charge in [0.25, 0.3) is 0 Å². The Bertz CT molecular complexity index is 814. The second kappa shape index (κ2) is 8.83. The van der Waals surface area contributed by atoms with E-state index in [0.717, 1.165) is 5.56 Å². The molecule has 0 bridgehead atoms. The number of nitrogens with zero attached hydrogens (tertiary/aromatic N) is 2. The average Bonchev–Trinajstić information content (AvgIpc) is 3.16. The Morgan fingerprint density at radius 3 is 2.55 bits per heavy atom. The SMILES string of the molecule is CCOC(=O)c1cnn(Cc2ccc(OCC3(C(F)(F)F)OCCCO3)cc2)c1. The van der Waals surface area contributed by atoms with Gasteiger partial charge in [0.15, 0.2) is 6.61 Å². The average molecular weight is 414 g/mol. The van der Waals surface area contributed by atoms with Crippen LogP contribution in [-0.2, 0) is 20.8 Å². The van der Waals surface area contributed by atoms with Crippen LogP contribution in [0.1, 0.15) is 29.3 Å². The van der Waals surface area contributed by atoms with Crippen molar-refractivity contribution in [3.63, 3.8) is 0 Å². The first-order valence-electron chi connectivity index (χ1n) is 9.09. The number of aromatic nitrogens is 2. The van der Waals surface area contributed by atoms with Gasteiger partial charge in [-0.1, -0.05) is 12.1 Å². The van der Waals surface area contributed by atoms with Gasteiger partial charge in [-0.15, -0.1) is 0 Å². The van der Waals surface area contributed by atoms with Gasteiger partial charge in [0.1, 0.15) is 5.75 Å². The van der Waals surface area contributed by atoms with Gasteiger partial charge in [0.05, 0.1) is 38.1 Å². The van der Waals surface area contributed by atoms with E-state index in [9.17, 15) is 18.0 Å². The Morgan fingerprint density at radius 1 is 1.24 bits per heavy atom. The van der Waals surface area contributed by atoms with E-state index in [2.05, 4.69) is 5.10 Å². The number of rotatable bonds is 7. The van der Waals surface area contributed by atoms with E-state index in [1.54, 1.807) is 42.1 Å². The molecule has 0 saturated carbocycles. The number of ether oxygens (including phenoxy) is 4. The number of hydrogen-bond acceptors (Lipinski definition) is 6. The minimum absolute atomic E-state index is 0.0422. The number of carbonyl (C=O) groups excluding carboxylic acids is 1. The highest BCUT2D eigenvalue weighted by molar-refractivity contribution is 5.88. The zero-order chi connectivity index (χ0) is 20.9. The van der Waals surface area contributed by atoms with Crippen LogP contribution in [0.25, 0.3) is 0 Å². The summed E-state index contributed by atoms with van der Waals surface area (Å²) in [6.45, 7) is 1.49. The van der Waals surface area contributed by atoms with Gasteiger partial charge in [-0.3, -0.25) is 4.68 Å². The van der Waals surface area contributed by atoms with E-state index in [0.29, 0.717) is 18.5 Å². The number of benzene rings is 1. The summed E-state index contributed by atoms with van der Waals surface area (Å²) < 4.78 is 61.5. The first kappa shape index (κ1) is 21.1. The predicted molar refractivity (Wildman–Crippen MR) is 94.5 cm³/mol. The first-order chi connectivity index (χ1) is 13.8. The molecule has 0 atom stereocenters. The molecule has 2 aromatic rings. The Morgan fingerprint density at radius 2 is 1.93 bits per heavy atom. The predicted octanol–water partition coefficient (Wildman–Crippen LogP) is 3.18. The summed E-state index contributed by atoms with van der Waals surface area (Å²) in [5.74, 6) is -2.95. The molecule has 1 aliphatic heterocycles. The number of alkyl halides is 3. The Balaban J connectivity index is 1.59. The maximum atomic E-state index is 13.3. The number of esters is 1. The topological polar surface area (TPSA) is 71.8 Å². The van der Waals surface area contributed by atoms with E-state index in [4.69, 9.17) is 18.9 Å². The molecule has 1 aromatic heterocycles. The van der Waals surface area contributed by atoms with Crippen molar-refractivity contribution in [1.82, 2.24) is 9.78 Å². The van der Waals surface area contributed by atoms with Crippen LogP contribution in [0, 0.1) is 0 Å². The fraction of sp³-hybridized carbons (Fsp3) is 0.474. The summed E-state index contributed by atoms with van der Waals surface area (Å²) in [6, 6.07) is 6.50. The van der Waals surface area contributed by atoms with Gasteiger partial charge >= 0.3 is 17.9 Å². The van der Waals surface area contributed by atoms with Crippen LogP contribution >= 0.6 is 0 Å². The van der Waals surface area contributed by atoms with Crippen molar-refractivity contribution >= 4 is 5.97 Å². The highest BCUT2D eigenvalue weighted by Gasteiger charge is 2.59. The van der Waals surface area contributed by atoms with Crippen LogP contribution in [0.15, 0.2) is 36.7 Å². The van der Waals surface area contributed by atoms with Crippen LogP contribution in [0.4, 0.5) is 13.2 Å². The highest BCUT2D eigenvalue weighted by Crippen LogP contribution is 2.37. The summed E-state index contributed by atoms with van der Waals surface area (Å²) in [5.41, 5.74) is 1.17. The minimum atomic E-state index is -4.70. The van der Waals surface area contributed by atoms with E-state index < -0.39 is 24.5 Å². The van der Waals surface area contributed by atoms with Crippen molar-refractivity contribution in [1.29, 1.82) is 0 Å². The minimum Gasteiger partial charge on any atom is -0.488 e. The van der Waals surface area contributed by atoms with Gasteiger partial charge in [-0.25, -0.2) is 4.79 Å². The summed E-state index contributed by atoms with van der Waals surface area (Å²) >= 11 is 0. The fourth-order valence-corrected chi connectivity index (χ4v) is 2.73.